The van der Waals surface area contributed by atoms with E-state index < -0.39 is 12.1 Å². The molecule has 0 aromatic carbocycles. The highest BCUT2D eigenvalue weighted by Crippen LogP contribution is 2.13. The van der Waals surface area contributed by atoms with Crippen LogP contribution >= 0.6 is 0 Å². The van der Waals surface area contributed by atoms with Crippen molar-refractivity contribution in [2.45, 2.75) is 51.2 Å². The van der Waals surface area contributed by atoms with Gasteiger partial charge in [-0.25, -0.2) is 0 Å². The number of nitrogens with one attached hydrogen (secondary N) is 1. The highest BCUT2D eigenvalue weighted by atomic mass is 16.5. The Hall–Kier alpha value is -1.14. The molecule has 2 atom stereocenters. The minimum absolute atomic E-state index is 0.0609. The molecule has 0 radical (unpaired) electrons. The number of rotatable bonds is 8. The van der Waals surface area contributed by atoms with Gasteiger partial charge in [-0.15, -0.1) is 0 Å². The normalized spacial score (nSPS) is 20.8. The zero-order chi connectivity index (χ0) is 14.1. The van der Waals surface area contributed by atoms with E-state index in [1.165, 1.54) is 0 Å². The molecule has 1 fully saturated rings. The van der Waals surface area contributed by atoms with Gasteiger partial charge in [0.25, 0.3) is 0 Å². The lowest BCUT2D eigenvalue weighted by Crippen LogP contribution is -2.37. The summed E-state index contributed by atoms with van der Waals surface area (Å²) >= 11 is 0. The summed E-state index contributed by atoms with van der Waals surface area (Å²) in [6.45, 7) is 3.25. The Bertz CT molecular complexity index is 289. The minimum Gasteiger partial charge on any atom is -0.481 e. The van der Waals surface area contributed by atoms with Crippen LogP contribution in [0.5, 0.6) is 0 Å². The molecule has 6 nitrogen and oxygen atoms in total. The molecule has 2 unspecified atom stereocenters. The Morgan fingerprint density at radius 1 is 1.47 bits per heavy atom. The molecule has 0 aromatic rings. The van der Waals surface area contributed by atoms with E-state index in [0.717, 1.165) is 25.9 Å². The van der Waals surface area contributed by atoms with Crippen LogP contribution in [0.4, 0.5) is 0 Å². The maximum Gasteiger partial charge on any atom is 0.303 e. The second-order valence-corrected chi connectivity index (χ2v) is 4.75. The van der Waals surface area contributed by atoms with Crippen molar-refractivity contribution >= 4 is 11.9 Å². The number of hydrogen-bond acceptors (Lipinski definition) is 4. The van der Waals surface area contributed by atoms with Gasteiger partial charge in [0.1, 0.15) is 6.10 Å². The SMILES string of the molecule is CC(OCC1CCCCO1)C(=O)NCCCC(=O)O. The monoisotopic (exact) mass is 273 g/mol. The van der Waals surface area contributed by atoms with E-state index in [4.69, 9.17) is 14.6 Å². The molecule has 2 N–H and O–H groups in total. The number of carbonyl (C=O) groups excluding carboxylic acids is 1. The van der Waals surface area contributed by atoms with Crippen molar-refractivity contribution < 1.29 is 24.2 Å². The van der Waals surface area contributed by atoms with Gasteiger partial charge in [-0.05, 0) is 32.6 Å². The van der Waals surface area contributed by atoms with E-state index in [0.29, 0.717) is 19.6 Å². The topological polar surface area (TPSA) is 84.9 Å². The fraction of sp³-hybridized carbons (Fsp3) is 0.846. The lowest BCUT2D eigenvalue weighted by Gasteiger charge is -2.23. The molecule has 1 aliphatic heterocycles. The molecule has 1 aliphatic rings. The fourth-order valence-corrected chi connectivity index (χ4v) is 1.86. The average molecular weight is 273 g/mol. The van der Waals surface area contributed by atoms with Crippen molar-refractivity contribution in [3.05, 3.63) is 0 Å². The Labute approximate surface area is 113 Å². The Morgan fingerprint density at radius 3 is 2.89 bits per heavy atom. The number of carbonyl (C=O) groups is 2. The first-order chi connectivity index (χ1) is 9.09. The second-order valence-electron chi connectivity index (χ2n) is 4.75. The van der Waals surface area contributed by atoms with E-state index in [2.05, 4.69) is 5.32 Å². The third-order valence-electron chi connectivity index (χ3n) is 3.04. The lowest BCUT2D eigenvalue weighted by atomic mass is 10.1. The quantitative estimate of drug-likeness (QED) is 0.643. The molecule has 0 spiro atoms. The molecule has 110 valence electrons. The third-order valence-corrected chi connectivity index (χ3v) is 3.04. The number of carboxylic acid groups (broad SMARTS) is 1. The highest BCUT2D eigenvalue weighted by molar-refractivity contribution is 5.80. The molecule has 0 aromatic heterocycles. The maximum absolute atomic E-state index is 11.6. The summed E-state index contributed by atoms with van der Waals surface area (Å²) in [7, 11) is 0. The summed E-state index contributed by atoms with van der Waals surface area (Å²) in [5, 5.41) is 11.1. The molecule has 1 saturated heterocycles. The molecule has 1 amide bonds. The van der Waals surface area contributed by atoms with Crippen LogP contribution in [0, 0.1) is 0 Å². The van der Waals surface area contributed by atoms with E-state index >= 15 is 0 Å². The first-order valence-electron chi connectivity index (χ1n) is 6.82. The number of carboxylic acids is 1. The predicted octanol–water partition coefficient (Wildman–Crippen LogP) is 0.942. The summed E-state index contributed by atoms with van der Waals surface area (Å²) < 4.78 is 11.0. The van der Waals surface area contributed by atoms with Gasteiger partial charge in [0.15, 0.2) is 0 Å². The van der Waals surface area contributed by atoms with Gasteiger partial charge < -0.3 is 19.9 Å². The van der Waals surface area contributed by atoms with Gasteiger partial charge in [-0.3, -0.25) is 9.59 Å². The van der Waals surface area contributed by atoms with Crippen molar-refractivity contribution in [3.8, 4) is 0 Å². The van der Waals surface area contributed by atoms with Crippen molar-refractivity contribution in [2.24, 2.45) is 0 Å². The van der Waals surface area contributed by atoms with Crippen LogP contribution in [0.3, 0.4) is 0 Å². The second kappa shape index (κ2) is 8.87. The molecular formula is C13H23NO5. The molecular weight excluding hydrogens is 250 g/mol. The molecule has 6 heteroatoms. The van der Waals surface area contributed by atoms with Crippen LogP contribution in [-0.2, 0) is 19.1 Å². The van der Waals surface area contributed by atoms with Crippen molar-refractivity contribution in [1.82, 2.24) is 5.32 Å². The number of hydrogen-bond donors (Lipinski definition) is 2. The Kier molecular flexibility index (Phi) is 7.43. The summed E-state index contributed by atoms with van der Waals surface area (Å²) in [6.07, 6.45) is 3.27. The fourth-order valence-electron chi connectivity index (χ4n) is 1.86. The summed E-state index contributed by atoms with van der Waals surface area (Å²) in [5.41, 5.74) is 0. The van der Waals surface area contributed by atoms with Gasteiger partial charge in [0.2, 0.25) is 5.91 Å². The smallest absolute Gasteiger partial charge is 0.303 e. The van der Waals surface area contributed by atoms with Gasteiger partial charge in [-0.2, -0.15) is 0 Å². The molecule has 19 heavy (non-hydrogen) atoms. The molecule has 0 bridgehead atoms. The molecule has 1 rings (SSSR count). The zero-order valence-electron chi connectivity index (χ0n) is 11.4. The number of ether oxygens (including phenoxy) is 2. The van der Waals surface area contributed by atoms with Crippen LogP contribution in [-0.4, -0.2) is 48.9 Å². The van der Waals surface area contributed by atoms with Crippen LogP contribution in [0.1, 0.15) is 39.0 Å². The average Bonchev–Trinajstić information content (AvgIpc) is 2.41. The van der Waals surface area contributed by atoms with Crippen LogP contribution < -0.4 is 5.32 Å². The van der Waals surface area contributed by atoms with E-state index in [1.807, 2.05) is 0 Å². The van der Waals surface area contributed by atoms with Gasteiger partial charge in [0, 0.05) is 19.6 Å². The molecule has 0 aliphatic carbocycles. The summed E-state index contributed by atoms with van der Waals surface area (Å²) in [4.78, 5) is 21.9. The molecule has 0 saturated carbocycles. The van der Waals surface area contributed by atoms with Crippen molar-refractivity contribution in [1.29, 1.82) is 0 Å². The standard InChI is InChI=1S/C13H23NO5/c1-10(13(17)14-7-4-6-12(15)16)19-9-11-5-2-3-8-18-11/h10-11H,2-9H2,1H3,(H,14,17)(H,15,16). The third kappa shape index (κ3) is 7.12. The summed E-state index contributed by atoms with van der Waals surface area (Å²) in [6, 6.07) is 0. The Morgan fingerprint density at radius 2 is 2.26 bits per heavy atom. The zero-order valence-corrected chi connectivity index (χ0v) is 11.4. The van der Waals surface area contributed by atoms with Crippen molar-refractivity contribution in [2.75, 3.05) is 19.8 Å². The largest absolute Gasteiger partial charge is 0.481 e. The number of aliphatic carboxylic acids is 1. The van der Waals surface area contributed by atoms with Crippen LogP contribution in [0.25, 0.3) is 0 Å². The minimum atomic E-state index is -0.854. The summed E-state index contributed by atoms with van der Waals surface area (Å²) in [5.74, 6) is -1.06. The predicted molar refractivity (Wildman–Crippen MR) is 68.9 cm³/mol. The van der Waals surface area contributed by atoms with E-state index in [1.54, 1.807) is 6.92 Å². The van der Waals surface area contributed by atoms with Crippen LogP contribution in [0.15, 0.2) is 0 Å². The van der Waals surface area contributed by atoms with Crippen molar-refractivity contribution in [3.63, 3.8) is 0 Å². The van der Waals surface area contributed by atoms with Crippen LogP contribution in [0.2, 0.25) is 0 Å². The van der Waals surface area contributed by atoms with Gasteiger partial charge in [0.05, 0.1) is 12.7 Å². The molecule has 1 heterocycles. The number of amides is 1. The Balaban J connectivity index is 2.08. The van der Waals surface area contributed by atoms with Gasteiger partial charge in [-0.1, -0.05) is 0 Å². The van der Waals surface area contributed by atoms with Gasteiger partial charge >= 0.3 is 5.97 Å². The first-order valence-corrected chi connectivity index (χ1v) is 6.82. The highest BCUT2D eigenvalue weighted by Gasteiger charge is 2.18. The van der Waals surface area contributed by atoms with E-state index in [9.17, 15) is 9.59 Å². The first kappa shape index (κ1) is 15.9. The lowest BCUT2D eigenvalue weighted by molar-refractivity contribution is -0.138. The van der Waals surface area contributed by atoms with E-state index in [-0.39, 0.29) is 18.4 Å². The maximum atomic E-state index is 11.6.